The van der Waals surface area contributed by atoms with E-state index in [-0.39, 0.29) is 0 Å². The van der Waals surface area contributed by atoms with Gasteiger partial charge in [-0.05, 0) is 42.5 Å². The molecule has 2 atom stereocenters. The second kappa shape index (κ2) is 6.92. The molecule has 106 valence electrons. The van der Waals surface area contributed by atoms with Crippen LogP contribution in [-0.2, 0) is 6.42 Å². The van der Waals surface area contributed by atoms with Gasteiger partial charge in [-0.3, -0.25) is 4.90 Å². The zero-order valence-electron chi connectivity index (χ0n) is 12.1. The summed E-state index contributed by atoms with van der Waals surface area (Å²) in [6.45, 7) is 9.59. The molecule has 3 heteroatoms. The molecule has 19 heavy (non-hydrogen) atoms. The number of benzene rings is 1. The molecular weight excluding hydrogens is 236 g/mol. The van der Waals surface area contributed by atoms with Gasteiger partial charge in [0.1, 0.15) is 12.4 Å². The molecule has 1 aliphatic heterocycles. The highest BCUT2D eigenvalue weighted by atomic mass is 16.5. The number of hydrogen-bond donors (Lipinski definition) is 1. The summed E-state index contributed by atoms with van der Waals surface area (Å²) < 4.78 is 5.80. The highest BCUT2D eigenvalue weighted by Crippen LogP contribution is 2.21. The zero-order chi connectivity index (χ0) is 13.7. The quantitative estimate of drug-likeness (QED) is 0.854. The Labute approximate surface area is 116 Å². The Bertz CT molecular complexity index is 367. The molecule has 3 nitrogen and oxygen atoms in total. The molecule has 1 aliphatic rings. The van der Waals surface area contributed by atoms with Gasteiger partial charge in [0.25, 0.3) is 0 Å². The van der Waals surface area contributed by atoms with E-state index < -0.39 is 0 Å². The lowest BCUT2D eigenvalue weighted by Crippen LogP contribution is -2.26. The lowest BCUT2D eigenvalue weighted by Gasteiger charge is -2.15. The minimum atomic E-state index is 0.700. The third kappa shape index (κ3) is 4.22. The van der Waals surface area contributed by atoms with Crippen LogP contribution in [0.1, 0.15) is 19.4 Å². The Morgan fingerprint density at radius 3 is 2.37 bits per heavy atom. The fraction of sp³-hybridized carbons (Fsp3) is 0.625. The number of nitrogens with two attached hydrogens (primary N) is 1. The smallest absolute Gasteiger partial charge is 0.119 e. The minimum absolute atomic E-state index is 0.700. The van der Waals surface area contributed by atoms with Gasteiger partial charge in [-0.2, -0.15) is 0 Å². The van der Waals surface area contributed by atoms with E-state index in [4.69, 9.17) is 10.5 Å². The maximum absolute atomic E-state index is 5.80. The average Bonchev–Trinajstić information content (AvgIpc) is 2.71. The van der Waals surface area contributed by atoms with Gasteiger partial charge in [-0.1, -0.05) is 26.0 Å². The van der Waals surface area contributed by atoms with Crippen molar-refractivity contribution >= 4 is 0 Å². The fourth-order valence-electron chi connectivity index (χ4n) is 2.64. The topological polar surface area (TPSA) is 38.5 Å². The first kappa shape index (κ1) is 14.4. The first-order chi connectivity index (χ1) is 9.19. The van der Waals surface area contributed by atoms with Crippen molar-refractivity contribution in [2.45, 2.75) is 20.3 Å². The molecule has 0 amide bonds. The van der Waals surface area contributed by atoms with Gasteiger partial charge in [0.05, 0.1) is 0 Å². The summed E-state index contributed by atoms with van der Waals surface area (Å²) in [4.78, 5) is 2.50. The van der Waals surface area contributed by atoms with Crippen molar-refractivity contribution in [2.75, 3.05) is 32.8 Å². The molecule has 1 aromatic carbocycles. The van der Waals surface area contributed by atoms with Crippen molar-refractivity contribution < 1.29 is 4.74 Å². The molecule has 1 heterocycles. The van der Waals surface area contributed by atoms with Crippen molar-refractivity contribution in [2.24, 2.45) is 17.6 Å². The Kier molecular flexibility index (Phi) is 5.23. The number of rotatable bonds is 6. The largest absolute Gasteiger partial charge is 0.492 e. The van der Waals surface area contributed by atoms with Gasteiger partial charge in [0, 0.05) is 19.6 Å². The summed E-state index contributed by atoms with van der Waals surface area (Å²) in [5.74, 6) is 2.59. The number of ether oxygens (including phenoxy) is 1. The Morgan fingerprint density at radius 2 is 1.79 bits per heavy atom. The third-order valence-corrected chi connectivity index (χ3v) is 4.10. The van der Waals surface area contributed by atoms with E-state index in [2.05, 4.69) is 30.9 Å². The van der Waals surface area contributed by atoms with E-state index in [1.54, 1.807) is 0 Å². The molecule has 1 fully saturated rings. The predicted octanol–water partition coefficient (Wildman–Crippen LogP) is 2.15. The summed E-state index contributed by atoms with van der Waals surface area (Å²) in [6, 6.07) is 8.28. The lowest BCUT2D eigenvalue weighted by atomic mass is 10.0. The standard InChI is InChI=1S/C16H26N2O/c1-13-11-18(12-14(13)2)9-10-19-16-5-3-15(4-6-16)7-8-17/h3-6,13-14H,7-12,17H2,1-2H3/t13-,14-/m1/s1. The second-order valence-corrected chi connectivity index (χ2v) is 5.75. The van der Waals surface area contributed by atoms with Crippen LogP contribution in [0.2, 0.25) is 0 Å². The Morgan fingerprint density at radius 1 is 1.16 bits per heavy atom. The highest BCUT2D eigenvalue weighted by Gasteiger charge is 2.25. The fourth-order valence-corrected chi connectivity index (χ4v) is 2.64. The van der Waals surface area contributed by atoms with Crippen LogP contribution in [0, 0.1) is 11.8 Å². The van der Waals surface area contributed by atoms with E-state index in [9.17, 15) is 0 Å². The SMILES string of the molecule is C[C@@H]1CN(CCOc2ccc(CCN)cc2)C[C@H]1C. The zero-order valence-corrected chi connectivity index (χ0v) is 12.1. The molecule has 2 rings (SSSR count). The first-order valence-electron chi connectivity index (χ1n) is 7.33. The Balaban J connectivity index is 1.71. The number of hydrogen-bond acceptors (Lipinski definition) is 3. The van der Waals surface area contributed by atoms with E-state index >= 15 is 0 Å². The van der Waals surface area contributed by atoms with Crippen molar-refractivity contribution in [3.63, 3.8) is 0 Å². The van der Waals surface area contributed by atoms with Gasteiger partial charge in [-0.15, -0.1) is 0 Å². The molecular formula is C16H26N2O. The van der Waals surface area contributed by atoms with Crippen LogP contribution in [-0.4, -0.2) is 37.7 Å². The summed E-state index contributed by atoms with van der Waals surface area (Å²) in [5.41, 5.74) is 6.81. The van der Waals surface area contributed by atoms with Gasteiger partial charge < -0.3 is 10.5 Å². The highest BCUT2D eigenvalue weighted by molar-refractivity contribution is 5.27. The van der Waals surface area contributed by atoms with Crippen molar-refractivity contribution in [3.8, 4) is 5.75 Å². The van der Waals surface area contributed by atoms with Gasteiger partial charge in [0.2, 0.25) is 0 Å². The van der Waals surface area contributed by atoms with Gasteiger partial charge >= 0.3 is 0 Å². The minimum Gasteiger partial charge on any atom is -0.492 e. The van der Waals surface area contributed by atoms with Crippen LogP contribution in [0.5, 0.6) is 5.75 Å². The molecule has 1 aromatic rings. The monoisotopic (exact) mass is 262 g/mol. The van der Waals surface area contributed by atoms with Crippen LogP contribution in [0.4, 0.5) is 0 Å². The molecule has 1 saturated heterocycles. The molecule has 0 unspecified atom stereocenters. The van der Waals surface area contributed by atoms with Crippen molar-refractivity contribution in [1.29, 1.82) is 0 Å². The molecule has 0 aliphatic carbocycles. The summed E-state index contributed by atoms with van der Waals surface area (Å²) in [5, 5.41) is 0. The summed E-state index contributed by atoms with van der Waals surface area (Å²) in [6.07, 6.45) is 0.934. The van der Waals surface area contributed by atoms with E-state index in [1.165, 1.54) is 18.7 Å². The molecule has 0 spiro atoms. The average molecular weight is 262 g/mol. The molecule has 0 saturated carbocycles. The van der Waals surface area contributed by atoms with Gasteiger partial charge in [0.15, 0.2) is 0 Å². The van der Waals surface area contributed by atoms with Crippen LogP contribution in [0.15, 0.2) is 24.3 Å². The van der Waals surface area contributed by atoms with Crippen LogP contribution in [0.25, 0.3) is 0 Å². The van der Waals surface area contributed by atoms with Crippen molar-refractivity contribution in [3.05, 3.63) is 29.8 Å². The van der Waals surface area contributed by atoms with Crippen molar-refractivity contribution in [1.82, 2.24) is 4.90 Å². The molecule has 0 aromatic heterocycles. The Hall–Kier alpha value is -1.06. The molecule has 2 N–H and O–H groups in total. The van der Waals surface area contributed by atoms with E-state index in [1.807, 2.05) is 12.1 Å². The maximum Gasteiger partial charge on any atom is 0.119 e. The number of nitrogens with zero attached hydrogens (tertiary/aromatic N) is 1. The number of likely N-dealkylation sites (tertiary alicyclic amines) is 1. The van der Waals surface area contributed by atoms with Gasteiger partial charge in [-0.25, -0.2) is 0 Å². The van der Waals surface area contributed by atoms with Crippen LogP contribution < -0.4 is 10.5 Å². The summed E-state index contributed by atoms with van der Waals surface area (Å²) in [7, 11) is 0. The third-order valence-electron chi connectivity index (χ3n) is 4.10. The van der Waals surface area contributed by atoms with E-state index in [0.29, 0.717) is 6.54 Å². The summed E-state index contributed by atoms with van der Waals surface area (Å²) >= 11 is 0. The van der Waals surface area contributed by atoms with Crippen LogP contribution >= 0.6 is 0 Å². The second-order valence-electron chi connectivity index (χ2n) is 5.75. The van der Waals surface area contributed by atoms with E-state index in [0.717, 1.165) is 37.2 Å². The van der Waals surface area contributed by atoms with Crippen LogP contribution in [0.3, 0.4) is 0 Å². The molecule has 0 bridgehead atoms. The predicted molar refractivity (Wildman–Crippen MR) is 79.5 cm³/mol. The first-order valence-corrected chi connectivity index (χ1v) is 7.33. The molecule has 0 radical (unpaired) electrons. The normalized spacial score (nSPS) is 23.7. The lowest BCUT2D eigenvalue weighted by molar-refractivity contribution is 0.232. The maximum atomic E-state index is 5.80.